The summed E-state index contributed by atoms with van der Waals surface area (Å²) >= 11 is 0. The van der Waals surface area contributed by atoms with Gasteiger partial charge in [-0.2, -0.15) is 0 Å². The Labute approximate surface area is 170 Å². The zero-order valence-electron chi connectivity index (χ0n) is 16.4. The van der Waals surface area contributed by atoms with Crippen molar-refractivity contribution in [2.45, 2.75) is 57.0 Å². The number of nitrogens with zero attached hydrogens (tertiary/aromatic N) is 4. The number of hydrogen-bond acceptors (Lipinski definition) is 5. The third kappa shape index (κ3) is 3.70. The maximum Gasteiger partial charge on any atom is 0.0956 e. The summed E-state index contributed by atoms with van der Waals surface area (Å²) in [7, 11) is 0. The van der Waals surface area contributed by atoms with Crippen LogP contribution in [0.25, 0.3) is 11.3 Å². The Morgan fingerprint density at radius 2 is 1.93 bits per heavy atom. The summed E-state index contributed by atoms with van der Waals surface area (Å²) in [6.45, 7) is 0.508. The average molecular weight is 390 g/mol. The maximum atomic E-state index is 11.0. The van der Waals surface area contributed by atoms with Crippen molar-refractivity contribution in [2.75, 3.05) is 0 Å². The quantitative estimate of drug-likeness (QED) is 0.694. The molecule has 6 nitrogen and oxygen atoms in total. The Bertz CT molecular complexity index is 950. The van der Waals surface area contributed by atoms with Gasteiger partial charge in [-0.3, -0.25) is 9.97 Å². The van der Waals surface area contributed by atoms with Crippen LogP contribution in [-0.4, -0.2) is 36.8 Å². The van der Waals surface area contributed by atoms with Gasteiger partial charge in [-0.25, -0.2) is 4.98 Å². The van der Waals surface area contributed by atoms with E-state index >= 15 is 0 Å². The predicted octanol–water partition coefficient (Wildman–Crippen LogP) is 3.77. The normalized spacial score (nSPS) is 24.1. The van der Waals surface area contributed by atoms with E-state index in [0.29, 0.717) is 12.5 Å². The summed E-state index contributed by atoms with van der Waals surface area (Å²) in [5, 5.41) is 11.0. The standard InChI is InChI=1S/C23H26N4O2/c28-23(11-21-19-3-1-2-4-20(19)22-13-25-15-27(21)22)16-5-7-18(8-6-16)29-14-17-12-24-9-10-26-17/h1-4,9-10,12-13,15-16,18,21,23,28H,5-8,11,14H2/t16-,18-,21?,23?. The molecule has 2 aromatic heterocycles. The Balaban J connectivity index is 1.17. The first-order chi connectivity index (χ1) is 14.3. The lowest BCUT2D eigenvalue weighted by molar-refractivity contribution is -0.0170. The molecule has 0 radical (unpaired) electrons. The smallest absolute Gasteiger partial charge is 0.0956 e. The number of imidazole rings is 1. The van der Waals surface area contributed by atoms with Gasteiger partial charge in [0.2, 0.25) is 0 Å². The number of aliphatic hydroxyl groups is 1. The summed E-state index contributed by atoms with van der Waals surface area (Å²) < 4.78 is 8.23. The highest BCUT2D eigenvalue weighted by Crippen LogP contribution is 2.42. The van der Waals surface area contributed by atoms with Crippen molar-refractivity contribution in [3.63, 3.8) is 0 Å². The van der Waals surface area contributed by atoms with Crippen molar-refractivity contribution in [1.29, 1.82) is 0 Å². The predicted molar refractivity (Wildman–Crippen MR) is 109 cm³/mol. The molecule has 2 unspecified atom stereocenters. The van der Waals surface area contributed by atoms with Gasteiger partial charge in [0, 0.05) is 18.0 Å². The van der Waals surface area contributed by atoms with Crippen LogP contribution in [0.5, 0.6) is 0 Å². The minimum absolute atomic E-state index is 0.171. The Kier molecular flexibility index (Phi) is 5.12. The number of benzene rings is 1. The van der Waals surface area contributed by atoms with Crippen LogP contribution in [0.4, 0.5) is 0 Å². The molecule has 150 valence electrons. The number of ether oxygens (including phenoxy) is 1. The van der Waals surface area contributed by atoms with Crippen molar-refractivity contribution in [3.8, 4) is 11.3 Å². The number of fused-ring (bicyclic) bond motifs is 3. The minimum Gasteiger partial charge on any atom is -0.393 e. The fourth-order valence-electron chi connectivity index (χ4n) is 4.84. The summed E-state index contributed by atoms with van der Waals surface area (Å²) in [5.41, 5.74) is 4.55. The zero-order chi connectivity index (χ0) is 19.6. The highest BCUT2D eigenvalue weighted by atomic mass is 16.5. The average Bonchev–Trinajstić information content (AvgIpc) is 3.36. The molecule has 3 heterocycles. The third-order valence-corrected chi connectivity index (χ3v) is 6.41. The molecule has 1 saturated carbocycles. The molecular weight excluding hydrogens is 364 g/mol. The fourth-order valence-corrected chi connectivity index (χ4v) is 4.84. The van der Waals surface area contributed by atoms with E-state index in [-0.39, 0.29) is 18.2 Å². The molecule has 2 atom stereocenters. The zero-order valence-corrected chi connectivity index (χ0v) is 16.4. The van der Waals surface area contributed by atoms with Crippen LogP contribution in [0.1, 0.15) is 49.4 Å². The van der Waals surface area contributed by atoms with Crippen LogP contribution < -0.4 is 0 Å². The van der Waals surface area contributed by atoms with Gasteiger partial charge in [0.1, 0.15) is 0 Å². The molecule has 0 bridgehead atoms. The van der Waals surface area contributed by atoms with E-state index < -0.39 is 0 Å². The molecule has 0 spiro atoms. The molecule has 6 heteroatoms. The molecule has 29 heavy (non-hydrogen) atoms. The van der Waals surface area contributed by atoms with Crippen molar-refractivity contribution in [1.82, 2.24) is 19.5 Å². The largest absolute Gasteiger partial charge is 0.393 e. The molecule has 1 N–H and O–H groups in total. The first-order valence-electron chi connectivity index (χ1n) is 10.5. The van der Waals surface area contributed by atoms with E-state index in [1.807, 2.05) is 12.5 Å². The van der Waals surface area contributed by atoms with Crippen molar-refractivity contribution in [3.05, 3.63) is 66.6 Å². The Hall–Kier alpha value is -2.57. The van der Waals surface area contributed by atoms with E-state index in [4.69, 9.17) is 4.74 Å². The molecule has 2 aliphatic rings. The van der Waals surface area contributed by atoms with Gasteiger partial charge in [-0.15, -0.1) is 0 Å². The highest BCUT2D eigenvalue weighted by molar-refractivity contribution is 5.68. The second-order valence-electron chi connectivity index (χ2n) is 8.14. The van der Waals surface area contributed by atoms with Crippen LogP contribution in [-0.2, 0) is 11.3 Å². The fraction of sp³-hybridized carbons (Fsp3) is 0.435. The molecule has 1 aliphatic carbocycles. The van der Waals surface area contributed by atoms with Crippen LogP contribution >= 0.6 is 0 Å². The highest BCUT2D eigenvalue weighted by Gasteiger charge is 2.33. The van der Waals surface area contributed by atoms with Crippen molar-refractivity contribution in [2.24, 2.45) is 5.92 Å². The second-order valence-corrected chi connectivity index (χ2v) is 8.14. The molecular formula is C23H26N4O2. The number of aromatic nitrogens is 4. The van der Waals surface area contributed by atoms with Gasteiger partial charge in [0.05, 0.1) is 55.0 Å². The third-order valence-electron chi connectivity index (χ3n) is 6.41. The van der Waals surface area contributed by atoms with Crippen LogP contribution in [0.3, 0.4) is 0 Å². The van der Waals surface area contributed by atoms with Gasteiger partial charge in [0.25, 0.3) is 0 Å². The molecule has 1 aliphatic heterocycles. The van der Waals surface area contributed by atoms with Gasteiger partial charge in [-0.1, -0.05) is 24.3 Å². The molecule has 3 aromatic rings. The molecule has 1 fully saturated rings. The van der Waals surface area contributed by atoms with Crippen molar-refractivity contribution < 1.29 is 9.84 Å². The molecule has 0 amide bonds. The Morgan fingerprint density at radius 3 is 2.76 bits per heavy atom. The topological polar surface area (TPSA) is 73.1 Å². The van der Waals surface area contributed by atoms with E-state index in [9.17, 15) is 5.11 Å². The van der Waals surface area contributed by atoms with E-state index in [1.165, 1.54) is 11.1 Å². The lowest BCUT2D eigenvalue weighted by atomic mass is 9.81. The number of rotatable bonds is 6. The van der Waals surface area contributed by atoms with E-state index in [0.717, 1.165) is 43.5 Å². The van der Waals surface area contributed by atoms with Gasteiger partial charge < -0.3 is 14.4 Å². The first-order valence-corrected chi connectivity index (χ1v) is 10.5. The van der Waals surface area contributed by atoms with Gasteiger partial charge in [-0.05, 0) is 43.6 Å². The summed E-state index contributed by atoms with van der Waals surface area (Å²) in [5.74, 6) is 0.325. The molecule has 5 rings (SSSR count). The van der Waals surface area contributed by atoms with E-state index in [1.54, 1.807) is 18.6 Å². The maximum absolute atomic E-state index is 11.0. The second kappa shape index (κ2) is 8.05. The van der Waals surface area contributed by atoms with E-state index in [2.05, 4.69) is 43.8 Å². The number of hydrogen-bond donors (Lipinski definition) is 1. The molecule has 0 saturated heterocycles. The summed E-state index contributed by atoms with van der Waals surface area (Å²) in [6, 6.07) is 8.64. The SMILES string of the molecule is OC(CC1c2ccccc2-c2cncn21)[C@H]1CC[C@H](OCc2cnccn2)CC1. The summed E-state index contributed by atoms with van der Waals surface area (Å²) in [4.78, 5) is 12.7. The van der Waals surface area contributed by atoms with Crippen LogP contribution in [0, 0.1) is 5.92 Å². The van der Waals surface area contributed by atoms with Gasteiger partial charge in [0.15, 0.2) is 0 Å². The Morgan fingerprint density at radius 1 is 1.07 bits per heavy atom. The molecule has 1 aromatic carbocycles. The number of aliphatic hydroxyl groups excluding tert-OH is 1. The monoisotopic (exact) mass is 390 g/mol. The van der Waals surface area contributed by atoms with Gasteiger partial charge >= 0.3 is 0 Å². The lowest BCUT2D eigenvalue weighted by Crippen LogP contribution is -2.30. The lowest BCUT2D eigenvalue weighted by Gasteiger charge is -2.32. The summed E-state index contributed by atoms with van der Waals surface area (Å²) in [6.07, 6.45) is 13.6. The van der Waals surface area contributed by atoms with Crippen LogP contribution in [0.15, 0.2) is 55.4 Å². The van der Waals surface area contributed by atoms with Crippen LogP contribution in [0.2, 0.25) is 0 Å². The first kappa shape index (κ1) is 18.5. The minimum atomic E-state index is -0.317. The van der Waals surface area contributed by atoms with Crippen molar-refractivity contribution >= 4 is 0 Å².